The Labute approximate surface area is 158 Å². The zero-order valence-corrected chi connectivity index (χ0v) is 14.5. The van der Waals surface area contributed by atoms with Crippen LogP contribution in [0.15, 0.2) is 21.2 Å². The monoisotopic (exact) mass is 415 g/mol. The molecule has 152 valence electrons. The molecular formula is C16H10F5N5O3. The summed E-state index contributed by atoms with van der Waals surface area (Å²) in [5.41, 5.74) is -1.07. The van der Waals surface area contributed by atoms with Crippen LogP contribution in [0.1, 0.15) is 36.5 Å². The van der Waals surface area contributed by atoms with Crippen LogP contribution in [-0.4, -0.2) is 26.2 Å². The summed E-state index contributed by atoms with van der Waals surface area (Å²) in [5.74, 6) is -4.83. The van der Waals surface area contributed by atoms with E-state index in [0.717, 1.165) is 4.90 Å². The fraction of sp³-hybridized carbons (Fsp3) is 0.312. The molecule has 1 aliphatic heterocycles. The number of carbonyl (C=O) groups excluding carboxylic acids is 1. The number of nitrogens with zero attached hydrogens (tertiary/aromatic N) is 5. The lowest BCUT2D eigenvalue weighted by atomic mass is 10.1. The number of hydrogen-bond donors (Lipinski definition) is 0. The second kappa shape index (κ2) is 6.60. The van der Waals surface area contributed by atoms with E-state index in [0.29, 0.717) is 18.0 Å². The minimum absolute atomic E-state index is 0.0364. The number of anilines is 1. The average molecular weight is 415 g/mol. The molecular weight excluding hydrogens is 405 g/mol. The van der Waals surface area contributed by atoms with Crippen molar-refractivity contribution in [2.45, 2.75) is 32.0 Å². The van der Waals surface area contributed by atoms with Crippen LogP contribution in [0.3, 0.4) is 0 Å². The minimum Gasteiger partial charge on any atom is -0.337 e. The molecule has 1 aliphatic rings. The van der Waals surface area contributed by atoms with Gasteiger partial charge in [0, 0.05) is 12.5 Å². The van der Waals surface area contributed by atoms with E-state index < -0.39 is 52.7 Å². The number of aryl methyl sites for hydroxylation is 1. The standard InChI is InChI=1S/C16H10F5N5O3/c1-6-22-14(28-24-6)10-2-3-12(27)26(10)11-5-8(17)7(4-9(11)18)13-23-15(29-25-13)16(19,20)21/h4-5,10H,2-3H2,1H3. The smallest absolute Gasteiger partial charge is 0.337 e. The van der Waals surface area contributed by atoms with Gasteiger partial charge in [-0.05, 0) is 19.4 Å². The molecule has 29 heavy (non-hydrogen) atoms. The Balaban J connectivity index is 1.73. The maximum atomic E-state index is 14.7. The number of aromatic nitrogens is 4. The van der Waals surface area contributed by atoms with E-state index >= 15 is 0 Å². The van der Waals surface area contributed by atoms with E-state index in [1.54, 1.807) is 6.92 Å². The summed E-state index contributed by atoms with van der Waals surface area (Å²) in [4.78, 5) is 20.3. The Bertz CT molecular complexity index is 1090. The fourth-order valence-electron chi connectivity index (χ4n) is 3.01. The van der Waals surface area contributed by atoms with Gasteiger partial charge in [-0.1, -0.05) is 10.3 Å². The van der Waals surface area contributed by atoms with Crippen LogP contribution in [-0.2, 0) is 11.0 Å². The van der Waals surface area contributed by atoms with Crippen LogP contribution >= 0.6 is 0 Å². The Hall–Kier alpha value is -3.38. The van der Waals surface area contributed by atoms with Crippen molar-refractivity contribution in [1.29, 1.82) is 0 Å². The lowest BCUT2D eigenvalue weighted by Gasteiger charge is -2.23. The van der Waals surface area contributed by atoms with E-state index in [9.17, 15) is 26.7 Å². The normalized spacial score (nSPS) is 17.4. The zero-order chi connectivity index (χ0) is 20.9. The third-order valence-corrected chi connectivity index (χ3v) is 4.25. The van der Waals surface area contributed by atoms with Crippen molar-refractivity contribution in [3.63, 3.8) is 0 Å². The van der Waals surface area contributed by atoms with Gasteiger partial charge in [-0.3, -0.25) is 9.69 Å². The van der Waals surface area contributed by atoms with Gasteiger partial charge in [-0.15, -0.1) is 0 Å². The molecule has 3 aromatic rings. The summed E-state index contributed by atoms with van der Waals surface area (Å²) in [7, 11) is 0. The van der Waals surface area contributed by atoms with Crippen molar-refractivity contribution in [3.8, 4) is 11.4 Å². The third-order valence-electron chi connectivity index (χ3n) is 4.25. The van der Waals surface area contributed by atoms with Gasteiger partial charge in [0.2, 0.25) is 17.6 Å². The van der Waals surface area contributed by atoms with Gasteiger partial charge in [-0.2, -0.15) is 23.1 Å². The zero-order valence-electron chi connectivity index (χ0n) is 14.5. The summed E-state index contributed by atoms with van der Waals surface area (Å²) in [6.07, 6.45) is -4.66. The number of benzene rings is 1. The highest BCUT2D eigenvalue weighted by atomic mass is 19.4. The van der Waals surface area contributed by atoms with Crippen LogP contribution in [0, 0.1) is 18.6 Å². The maximum absolute atomic E-state index is 14.7. The first-order chi connectivity index (χ1) is 13.6. The largest absolute Gasteiger partial charge is 0.471 e. The van der Waals surface area contributed by atoms with Crippen LogP contribution in [0.4, 0.5) is 27.6 Å². The highest BCUT2D eigenvalue weighted by Crippen LogP contribution is 2.39. The van der Waals surface area contributed by atoms with Crippen molar-refractivity contribution in [2.24, 2.45) is 0 Å². The quantitative estimate of drug-likeness (QED) is 0.603. The van der Waals surface area contributed by atoms with Crippen molar-refractivity contribution < 1.29 is 35.8 Å². The molecule has 0 bridgehead atoms. The molecule has 4 rings (SSSR count). The topological polar surface area (TPSA) is 98.2 Å². The van der Waals surface area contributed by atoms with Crippen molar-refractivity contribution >= 4 is 11.6 Å². The van der Waals surface area contributed by atoms with E-state index in [1.165, 1.54) is 0 Å². The van der Waals surface area contributed by atoms with Gasteiger partial charge in [0.1, 0.15) is 17.7 Å². The summed E-state index contributed by atoms with van der Waals surface area (Å²) < 4.78 is 76.1. The number of halogens is 5. The highest BCUT2D eigenvalue weighted by Gasteiger charge is 2.40. The fourth-order valence-corrected chi connectivity index (χ4v) is 3.01. The Morgan fingerprint density at radius 1 is 1.10 bits per heavy atom. The molecule has 1 aromatic carbocycles. The molecule has 13 heteroatoms. The van der Waals surface area contributed by atoms with Crippen LogP contribution in [0.5, 0.6) is 0 Å². The van der Waals surface area contributed by atoms with Gasteiger partial charge in [0.25, 0.3) is 0 Å². The Morgan fingerprint density at radius 2 is 1.86 bits per heavy atom. The summed E-state index contributed by atoms with van der Waals surface area (Å²) >= 11 is 0. The first-order valence-electron chi connectivity index (χ1n) is 8.17. The number of rotatable bonds is 3. The van der Waals surface area contributed by atoms with E-state index in [1.807, 2.05) is 0 Å². The molecule has 0 saturated carbocycles. The van der Waals surface area contributed by atoms with E-state index in [-0.39, 0.29) is 18.7 Å². The second-order valence-electron chi connectivity index (χ2n) is 6.20. The van der Waals surface area contributed by atoms with Crippen molar-refractivity contribution in [2.75, 3.05) is 4.90 Å². The van der Waals surface area contributed by atoms with E-state index in [4.69, 9.17) is 4.52 Å². The first-order valence-corrected chi connectivity index (χ1v) is 8.17. The molecule has 1 saturated heterocycles. The van der Waals surface area contributed by atoms with Gasteiger partial charge in [-0.25, -0.2) is 8.78 Å². The molecule has 1 unspecified atom stereocenters. The van der Waals surface area contributed by atoms with Crippen LogP contribution in [0.2, 0.25) is 0 Å². The van der Waals surface area contributed by atoms with Crippen molar-refractivity contribution in [3.05, 3.63) is 41.4 Å². The molecule has 1 amide bonds. The Morgan fingerprint density at radius 3 is 2.48 bits per heavy atom. The SMILES string of the molecule is Cc1noc(C2CCC(=O)N2c2cc(F)c(-c3noc(C(F)(F)F)n3)cc2F)n1. The van der Waals surface area contributed by atoms with Crippen molar-refractivity contribution in [1.82, 2.24) is 20.3 Å². The molecule has 0 radical (unpaired) electrons. The van der Waals surface area contributed by atoms with Crippen LogP contribution in [0.25, 0.3) is 11.4 Å². The lowest BCUT2D eigenvalue weighted by molar-refractivity contribution is -0.159. The maximum Gasteiger partial charge on any atom is 0.471 e. The molecule has 1 atom stereocenters. The summed E-state index contributed by atoms with van der Waals surface area (Å²) in [5, 5.41) is 6.66. The molecule has 2 aromatic heterocycles. The molecule has 3 heterocycles. The summed E-state index contributed by atoms with van der Waals surface area (Å²) in [6, 6.07) is 0.468. The van der Waals surface area contributed by atoms with Gasteiger partial charge < -0.3 is 9.05 Å². The number of amides is 1. The lowest BCUT2D eigenvalue weighted by Crippen LogP contribution is -2.28. The molecule has 0 spiro atoms. The minimum atomic E-state index is -4.93. The first kappa shape index (κ1) is 19.0. The molecule has 1 fully saturated rings. The molecule has 0 N–H and O–H groups in total. The number of hydrogen-bond acceptors (Lipinski definition) is 7. The highest BCUT2D eigenvalue weighted by molar-refractivity contribution is 5.96. The van der Waals surface area contributed by atoms with Crippen LogP contribution < -0.4 is 4.90 Å². The molecule has 0 aliphatic carbocycles. The second-order valence-corrected chi connectivity index (χ2v) is 6.20. The van der Waals surface area contributed by atoms with Gasteiger partial charge >= 0.3 is 12.1 Å². The predicted octanol–water partition coefficient (Wildman–Crippen LogP) is 3.59. The number of alkyl halides is 3. The predicted molar refractivity (Wildman–Crippen MR) is 83.1 cm³/mol. The van der Waals surface area contributed by atoms with Gasteiger partial charge in [0.15, 0.2) is 5.82 Å². The van der Waals surface area contributed by atoms with E-state index in [2.05, 4.69) is 24.8 Å². The average Bonchev–Trinajstić information content (AvgIpc) is 3.36. The Kier molecular flexibility index (Phi) is 4.31. The number of carbonyl (C=O) groups is 1. The summed E-state index contributed by atoms with van der Waals surface area (Å²) in [6.45, 7) is 1.56. The third kappa shape index (κ3) is 3.32. The van der Waals surface area contributed by atoms with Gasteiger partial charge in [0.05, 0.1) is 11.3 Å². The molecule has 8 nitrogen and oxygen atoms in total.